The zero-order chi connectivity index (χ0) is 14.8. The fourth-order valence-electron chi connectivity index (χ4n) is 2.70. The van der Waals surface area contributed by atoms with Crippen molar-refractivity contribution < 1.29 is 0 Å². The quantitative estimate of drug-likeness (QED) is 0.834. The molecule has 0 radical (unpaired) electrons. The Hall–Kier alpha value is -1.13. The van der Waals surface area contributed by atoms with Gasteiger partial charge in [0.05, 0.1) is 17.4 Å². The van der Waals surface area contributed by atoms with Crippen LogP contribution in [0, 0.1) is 0 Å². The van der Waals surface area contributed by atoms with Crippen molar-refractivity contribution in [1.29, 1.82) is 0 Å². The van der Waals surface area contributed by atoms with Crippen molar-refractivity contribution in [3.05, 3.63) is 58.1 Å². The summed E-state index contributed by atoms with van der Waals surface area (Å²) in [7, 11) is 4.16. The Balaban J connectivity index is 1.93. The molecule has 21 heavy (non-hydrogen) atoms. The van der Waals surface area contributed by atoms with Gasteiger partial charge in [0.15, 0.2) is 0 Å². The van der Waals surface area contributed by atoms with Crippen molar-refractivity contribution in [1.82, 2.24) is 0 Å². The molecule has 4 heteroatoms. The van der Waals surface area contributed by atoms with Crippen molar-refractivity contribution in [2.75, 3.05) is 30.1 Å². The van der Waals surface area contributed by atoms with Crippen LogP contribution in [-0.4, -0.2) is 19.8 Å². The van der Waals surface area contributed by atoms with Gasteiger partial charge >= 0.3 is 0 Å². The van der Waals surface area contributed by atoms with Gasteiger partial charge < -0.3 is 10.2 Å². The van der Waals surface area contributed by atoms with E-state index in [1.54, 1.807) is 0 Å². The first kappa shape index (κ1) is 14.8. The van der Waals surface area contributed by atoms with Crippen molar-refractivity contribution in [2.24, 2.45) is 0 Å². The molecule has 1 heterocycles. The monoisotopic (exact) mass is 362 g/mol. The van der Waals surface area contributed by atoms with Crippen LogP contribution in [0.3, 0.4) is 0 Å². The molecule has 1 aliphatic heterocycles. The summed E-state index contributed by atoms with van der Waals surface area (Å²) < 4.78 is 1.10. The molecule has 1 aliphatic rings. The maximum atomic E-state index is 3.74. The highest BCUT2D eigenvalue weighted by atomic mass is 79.9. The van der Waals surface area contributed by atoms with Gasteiger partial charge in [-0.3, -0.25) is 0 Å². The largest absolute Gasteiger partial charge is 0.376 e. The molecule has 110 valence electrons. The molecule has 1 N–H and O–H groups in total. The van der Waals surface area contributed by atoms with Crippen molar-refractivity contribution in [3.63, 3.8) is 0 Å². The predicted octanol–water partition coefficient (Wildman–Crippen LogP) is 4.92. The molecule has 0 amide bonds. The average Bonchev–Trinajstić information content (AvgIpc) is 2.47. The molecule has 2 aromatic carbocycles. The predicted molar refractivity (Wildman–Crippen MR) is 97.4 cm³/mol. The highest BCUT2D eigenvalue weighted by molar-refractivity contribution is 9.10. The van der Waals surface area contributed by atoms with Crippen LogP contribution < -0.4 is 10.2 Å². The molecule has 3 rings (SSSR count). The number of anilines is 2. The van der Waals surface area contributed by atoms with Gasteiger partial charge in [0, 0.05) is 30.1 Å². The third-order valence-corrected chi connectivity index (χ3v) is 5.32. The minimum atomic E-state index is 0.368. The number of nitrogens with zero attached hydrogens (tertiary/aromatic N) is 1. The Kier molecular flexibility index (Phi) is 4.45. The molecule has 0 saturated carbocycles. The number of nitrogens with one attached hydrogen (secondary N) is 1. The Morgan fingerprint density at radius 3 is 2.81 bits per heavy atom. The molecule has 2 nitrogen and oxygen atoms in total. The summed E-state index contributed by atoms with van der Waals surface area (Å²) in [6.07, 6.45) is 0. The molecule has 1 unspecified atom stereocenters. The topological polar surface area (TPSA) is 15.3 Å². The second-order valence-corrected chi connectivity index (χ2v) is 7.41. The van der Waals surface area contributed by atoms with Crippen LogP contribution in [0.4, 0.5) is 11.4 Å². The molecular formula is C17H19BrN2S. The van der Waals surface area contributed by atoms with Gasteiger partial charge in [0.25, 0.3) is 0 Å². The Morgan fingerprint density at radius 2 is 2.00 bits per heavy atom. The lowest BCUT2D eigenvalue weighted by Gasteiger charge is -2.29. The number of benzene rings is 2. The maximum absolute atomic E-state index is 3.74. The van der Waals surface area contributed by atoms with E-state index in [2.05, 4.69) is 82.7 Å². The van der Waals surface area contributed by atoms with E-state index in [0.29, 0.717) is 6.04 Å². The van der Waals surface area contributed by atoms with Crippen LogP contribution in [-0.2, 0) is 5.75 Å². The lowest BCUT2D eigenvalue weighted by molar-refractivity contribution is 0.869. The van der Waals surface area contributed by atoms with Crippen molar-refractivity contribution >= 4 is 39.1 Å². The Bertz CT molecular complexity index is 642. The number of hydrogen-bond acceptors (Lipinski definition) is 3. The van der Waals surface area contributed by atoms with Gasteiger partial charge in [0.1, 0.15) is 0 Å². The third kappa shape index (κ3) is 3.22. The second kappa shape index (κ2) is 6.32. The lowest BCUT2D eigenvalue weighted by atomic mass is 10.0. The van der Waals surface area contributed by atoms with Gasteiger partial charge in [-0.05, 0) is 29.3 Å². The summed E-state index contributed by atoms with van der Waals surface area (Å²) in [5.74, 6) is 2.23. The highest BCUT2D eigenvalue weighted by Crippen LogP contribution is 2.37. The molecule has 0 spiro atoms. The van der Waals surface area contributed by atoms with Crippen LogP contribution in [0.15, 0.2) is 46.9 Å². The third-order valence-electron chi connectivity index (χ3n) is 3.74. The first-order valence-electron chi connectivity index (χ1n) is 7.04. The number of rotatable bonds is 3. The summed E-state index contributed by atoms with van der Waals surface area (Å²) >= 11 is 5.57. The van der Waals surface area contributed by atoms with E-state index in [4.69, 9.17) is 0 Å². The van der Waals surface area contributed by atoms with Crippen LogP contribution in [0.25, 0.3) is 0 Å². The normalized spacial score (nSPS) is 17.2. The lowest BCUT2D eigenvalue weighted by Crippen LogP contribution is -2.20. The minimum Gasteiger partial charge on any atom is -0.376 e. The van der Waals surface area contributed by atoms with E-state index < -0.39 is 0 Å². The van der Waals surface area contributed by atoms with Crippen LogP contribution >= 0.6 is 27.7 Å². The van der Waals surface area contributed by atoms with E-state index in [0.717, 1.165) is 16.0 Å². The first-order chi connectivity index (χ1) is 10.1. The van der Waals surface area contributed by atoms with Gasteiger partial charge in [-0.25, -0.2) is 0 Å². The van der Waals surface area contributed by atoms with Crippen LogP contribution in [0.2, 0.25) is 0 Å². The van der Waals surface area contributed by atoms with Crippen LogP contribution in [0.1, 0.15) is 17.2 Å². The number of halogens is 1. The summed E-state index contributed by atoms with van der Waals surface area (Å²) in [4.78, 5) is 2.15. The SMILES string of the molecule is CN(C)c1ccc(Br)cc1NC1CSCc2ccccc21. The fraction of sp³-hybridized carbons (Fsp3) is 0.294. The fourth-order valence-corrected chi connectivity index (χ4v) is 4.16. The average molecular weight is 363 g/mol. The van der Waals surface area contributed by atoms with Crippen molar-refractivity contribution in [3.8, 4) is 0 Å². The standard InChI is InChI=1S/C17H19BrN2S/c1-20(2)17-8-7-13(18)9-15(17)19-16-11-21-10-12-5-3-4-6-14(12)16/h3-9,16,19H,10-11H2,1-2H3. The highest BCUT2D eigenvalue weighted by Gasteiger charge is 2.21. The number of thioether (sulfide) groups is 1. The van der Waals surface area contributed by atoms with E-state index in [1.165, 1.54) is 22.5 Å². The maximum Gasteiger partial charge on any atom is 0.0608 e. The Labute approximate surface area is 139 Å². The summed E-state index contributed by atoms with van der Waals surface area (Å²) in [6, 6.07) is 15.5. The zero-order valence-corrected chi connectivity index (χ0v) is 14.7. The van der Waals surface area contributed by atoms with E-state index in [9.17, 15) is 0 Å². The number of hydrogen-bond donors (Lipinski definition) is 1. The minimum absolute atomic E-state index is 0.368. The summed E-state index contributed by atoms with van der Waals surface area (Å²) in [5, 5.41) is 3.74. The molecule has 0 saturated heterocycles. The van der Waals surface area contributed by atoms with Crippen LogP contribution in [0.5, 0.6) is 0 Å². The van der Waals surface area contributed by atoms with Gasteiger partial charge in [-0.1, -0.05) is 40.2 Å². The summed E-state index contributed by atoms with van der Waals surface area (Å²) in [6.45, 7) is 0. The van der Waals surface area contributed by atoms with E-state index in [-0.39, 0.29) is 0 Å². The summed E-state index contributed by atoms with van der Waals surface area (Å²) in [5.41, 5.74) is 5.27. The van der Waals surface area contributed by atoms with Crippen molar-refractivity contribution in [2.45, 2.75) is 11.8 Å². The van der Waals surface area contributed by atoms with Gasteiger partial charge in [-0.2, -0.15) is 11.8 Å². The molecule has 2 aromatic rings. The molecule has 1 atom stereocenters. The smallest absolute Gasteiger partial charge is 0.0608 e. The first-order valence-corrected chi connectivity index (χ1v) is 8.99. The van der Waals surface area contributed by atoms with E-state index in [1.807, 2.05) is 11.8 Å². The van der Waals surface area contributed by atoms with Gasteiger partial charge in [-0.15, -0.1) is 0 Å². The Morgan fingerprint density at radius 1 is 1.19 bits per heavy atom. The number of fused-ring (bicyclic) bond motifs is 1. The zero-order valence-electron chi connectivity index (χ0n) is 12.3. The molecular weight excluding hydrogens is 344 g/mol. The van der Waals surface area contributed by atoms with E-state index >= 15 is 0 Å². The molecule has 0 aromatic heterocycles. The van der Waals surface area contributed by atoms with Gasteiger partial charge in [0.2, 0.25) is 0 Å². The molecule has 0 aliphatic carbocycles. The molecule has 0 fully saturated rings. The molecule has 0 bridgehead atoms. The second-order valence-electron chi connectivity index (χ2n) is 5.47.